The van der Waals surface area contributed by atoms with Crippen molar-refractivity contribution in [2.75, 3.05) is 26.9 Å². The van der Waals surface area contributed by atoms with Crippen molar-refractivity contribution in [3.05, 3.63) is 0 Å². The highest BCUT2D eigenvalue weighted by molar-refractivity contribution is 7.47. The van der Waals surface area contributed by atoms with Crippen molar-refractivity contribution in [3.8, 4) is 0 Å². The van der Waals surface area contributed by atoms with Crippen LogP contribution in [0.25, 0.3) is 0 Å². The number of phosphoric acid groups is 1. The number of aliphatic hydroxyl groups excluding tert-OH is 1. The van der Waals surface area contributed by atoms with Gasteiger partial charge >= 0.3 is 7.82 Å². The molecule has 15 heavy (non-hydrogen) atoms. The molecule has 0 aliphatic heterocycles. The van der Waals surface area contributed by atoms with Crippen molar-refractivity contribution in [2.45, 2.75) is 19.3 Å². The average Bonchev–Trinajstić information content (AvgIpc) is 2.23. The van der Waals surface area contributed by atoms with Gasteiger partial charge in [-0.15, -0.1) is 0 Å². The molecule has 0 aromatic carbocycles. The Hall–Kier alpha value is 0.0300. The molecule has 6 nitrogen and oxygen atoms in total. The normalized spacial score (nSPS) is 17.3. The third-order valence-corrected chi connectivity index (χ3v) is 2.97. The van der Waals surface area contributed by atoms with E-state index in [1.807, 2.05) is 0 Å². The number of nitrogens with two attached hydrogens (primary N) is 1. The Bertz CT molecular complexity index is 201. The second-order valence-corrected chi connectivity index (χ2v) is 4.84. The van der Waals surface area contributed by atoms with Crippen LogP contribution in [0.4, 0.5) is 0 Å². The first-order chi connectivity index (χ1) is 7.05. The molecule has 0 fully saturated rings. The largest absolute Gasteiger partial charge is 0.471 e. The summed E-state index contributed by atoms with van der Waals surface area (Å²) in [7, 11) is -2.81. The summed E-state index contributed by atoms with van der Waals surface area (Å²) in [6.45, 7) is 0.548. The fourth-order valence-electron chi connectivity index (χ4n) is 1.06. The van der Waals surface area contributed by atoms with Gasteiger partial charge in [0.2, 0.25) is 0 Å². The van der Waals surface area contributed by atoms with Crippen LogP contribution in [0.15, 0.2) is 0 Å². The van der Waals surface area contributed by atoms with Crippen molar-refractivity contribution in [3.63, 3.8) is 0 Å². The van der Waals surface area contributed by atoms with Gasteiger partial charge in [-0.1, -0.05) is 6.42 Å². The van der Waals surface area contributed by atoms with Gasteiger partial charge in [0, 0.05) is 19.6 Å². The van der Waals surface area contributed by atoms with Crippen molar-refractivity contribution >= 4 is 7.82 Å². The molecule has 0 radical (unpaired) electrons. The molecule has 0 aliphatic carbocycles. The summed E-state index contributed by atoms with van der Waals surface area (Å²) >= 11 is 0. The van der Waals surface area contributed by atoms with Crippen LogP contribution in [0.3, 0.4) is 0 Å². The number of rotatable bonds is 9. The molecular weight excluding hydrogens is 221 g/mol. The fraction of sp³-hybridized carbons (Fsp3) is 1.00. The summed E-state index contributed by atoms with van der Waals surface area (Å²) in [5, 5.41) is 8.97. The highest BCUT2D eigenvalue weighted by atomic mass is 31.2. The smallest absolute Gasteiger partial charge is 0.396 e. The van der Waals surface area contributed by atoms with E-state index in [4.69, 9.17) is 15.7 Å². The Labute approximate surface area is 90.0 Å². The lowest BCUT2D eigenvalue weighted by Gasteiger charge is -2.15. The summed E-state index contributed by atoms with van der Waals surface area (Å²) in [5.41, 5.74) is 5.32. The standard InChI is InChI=1S/C8H20NO5P/c1-13-15(11,12)14-7-8(6-10)4-2-3-5-9/h8,10H,2-7,9H2,1H3,(H,11,12). The molecular formula is C8H20NO5P. The third kappa shape index (κ3) is 7.90. The molecule has 0 saturated heterocycles. The molecule has 7 heteroatoms. The van der Waals surface area contributed by atoms with E-state index in [9.17, 15) is 4.57 Å². The molecule has 2 unspecified atom stereocenters. The average molecular weight is 241 g/mol. The monoisotopic (exact) mass is 241 g/mol. The van der Waals surface area contributed by atoms with Gasteiger partial charge in [-0.3, -0.25) is 9.05 Å². The molecule has 0 aromatic heterocycles. The van der Waals surface area contributed by atoms with E-state index in [-0.39, 0.29) is 19.1 Å². The van der Waals surface area contributed by atoms with Gasteiger partial charge in [0.25, 0.3) is 0 Å². The van der Waals surface area contributed by atoms with Gasteiger partial charge in [-0.2, -0.15) is 0 Å². The fourth-order valence-corrected chi connectivity index (χ4v) is 1.56. The zero-order valence-electron chi connectivity index (χ0n) is 8.96. The second kappa shape index (κ2) is 8.21. The van der Waals surface area contributed by atoms with E-state index in [0.717, 1.165) is 26.4 Å². The topological polar surface area (TPSA) is 102 Å². The lowest BCUT2D eigenvalue weighted by Crippen LogP contribution is -2.14. The third-order valence-electron chi connectivity index (χ3n) is 2.03. The Morgan fingerprint density at radius 2 is 2.13 bits per heavy atom. The van der Waals surface area contributed by atoms with Crippen LogP contribution in [-0.4, -0.2) is 36.9 Å². The highest BCUT2D eigenvalue weighted by Crippen LogP contribution is 2.42. The lowest BCUT2D eigenvalue weighted by atomic mass is 10.0. The SMILES string of the molecule is COP(=O)(O)OCC(CO)CCCCN. The van der Waals surface area contributed by atoms with E-state index in [1.165, 1.54) is 0 Å². The molecule has 0 aliphatic rings. The summed E-state index contributed by atoms with van der Waals surface area (Å²) in [4.78, 5) is 8.95. The number of hydrogen-bond donors (Lipinski definition) is 3. The highest BCUT2D eigenvalue weighted by Gasteiger charge is 2.20. The molecule has 92 valence electrons. The zero-order valence-corrected chi connectivity index (χ0v) is 9.86. The Morgan fingerprint density at radius 1 is 1.47 bits per heavy atom. The van der Waals surface area contributed by atoms with E-state index in [0.29, 0.717) is 6.54 Å². The maximum Gasteiger partial charge on any atom is 0.471 e. The number of hydrogen-bond acceptors (Lipinski definition) is 5. The number of unbranched alkanes of at least 4 members (excludes halogenated alkanes) is 1. The second-order valence-electron chi connectivity index (χ2n) is 3.28. The minimum atomic E-state index is -3.92. The van der Waals surface area contributed by atoms with Crippen LogP contribution in [0.2, 0.25) is 0 Å². The molecule has 0 spiro atoms. The van der Waals surface area contributed by atoms with Gasteiger partial charge in [0.15, 0.2) is 0 Å². The first-order valence-electron chi connectivity index (χ1n) is 4.89. The van der Waals surface area contributed by atoms with Gasteiger partial charge in [-0.25, -0.2) is 4.57 Å². The minimum Gasteiger partial charge on any atom is -0.396 e. The minimum absolute atomic E-state index is 0.0166. The summed E-state index contributed by atoms with van der Waals surface area (Å²) in [6.07, 6.45) is 2.46. The van der Waals surface area contributed by atoms with Crippen molar-refractivity contribution in [2.24, 2.45) is 11.7 Å². The van der Waals surface area contributed by atoms with Crippen LogP contribution < -0.4 is 5.73 Å². The van der Waals surface area contributed by atoms with Crippen molar-refractivity contribution in [1.29, 1.82) is 0 Å². The quantitative estimate of drug-likeness (QED) is 0.401. The van der Waals surface area contributed by atoms with Gasteiger partial charge in [0.05, 0.1) is 6.61 Å². The van der Waals surface area contributed by atoms with E-state index in [1.54, 1.807) is 0 Å². The van der Waals surface area contributed by atoms with Crippen LogP contribution in [0.5, 0.6) is 0 Å². The molecule has 0 aromatic rings. The number of aliphatic hydroxyl groups is 1. The van der Waals surface area contributed by atoms with Crippen LogP contribution in [-0.2, 0) is 13.6 Å². The maximum atomic E-state index is 10.9. The molecule has 0 bridgehead atoms. The lowest BCUT2D eigenvalue weighted by molar-refractivity contribution is 0.114. The van der Waals surface area contributed by atoms with Gasteiger partial charge in [0.1, 0.15) is 0 Å². The summed E-state index contributed by atoms with van der Waals surface area (Å²) in [6, 6.07) is 0. The van der Waals surface area contributed by atoms with E-state index < -0.39 is 7.82 Å². The molecule has 0 heterocycles. The molecule has 0 saturated carbocycles. The summed E-state index contributed by atoms with van der Waals surface area (Å²) in [5.74, 6) is -0.146. The Kier molecular flexibility index (Phi) is 8.23. The molecule has 0 amide bonds. The number of phosphoric ester groups is 1. The Morgan fingerprint density at radius 3 is 2.60 bits per heavy atom. The van der Waals surface area contributed by atoms with Gasteiger partial charge in [-0.05, 0) is 19.4 Å². The predicted octanol–water partition coefficient (Wildman–Crippen LogP) is 0.487. The van der Waals surface area contributed by atoms with E-state index >= 15 is 0 Å². The van der Waals surface area contributed by atoms with Crippen LogP contribution >= 0.6 is 7.82 Å². The van der Waals surface area contributed by atoms with E-state index in [2.05, 4.69) is 9.05 Å². The van der Waals surface area contributed by atoms with Crippen LogP contribution in [0.1, 0.15) is 19.3 Å². The van der Waals surface area contributed by atoms with Crippen molar-refractivity contribution < 1.29 is 23.6 Å². The summed E-state index contributed by atoms with van der Waals surface area (Å²) < 4.78 is 19.8. The zero-order chi connectivity index (χ0) is 11.7. The molecule has 4 N–H and O–H groups in total. The first-order valence-corrected chi connectivity index (χ1v) is 6.39. The van der Waals surface area contributed by atoms with Crippen molar-refractivity contribution in [1.82, 2.24) is 0 Å². The maximum absolute atomic E-state index is 10.9. The van der Waals surface area contributed by atoms with Gasteiger partial charge < -0.3 is 15.7 Å². The molecule has 0 rings (SSSR count). The first kappa shape index (κ1) is 15.0. The molecule has 2 atom stereocenters. The predicted molar refractivity (Wildman–Crippen MR) is 56.3 cm³/mol. The van der Waals surface area contributed by atoms with Crippen LogP contribution in [0, 0.1) is 5.92 Å². The Balaban J connectivity index is 3.74.